The van der Waals surface area contributed by atoms with Gasteiger partial charge in [0.15, 0.2) is 12.4 Å². The fraction of sp³-hybridized carbons (Fsp3) is 0.222. The highest BCUT2D eigenvalue weighted by molar-refractivity contribution is 6.30. The minimum atomic E-state index is -0.228. The van der Waals surface area contributed by atoms with E-state index in [1.54, 1.807) is 55.6 Å². The molecule has 6 heteroatoms. The Bertz CT molecular complexity index is 683. The average Bonchev–Trinajstić information content (AvgIpc) is 2.61. The molecule has 0 aliphatic rings. The Labute approximate surface area is 145 Å². The van der Waals surface area contributed by atoms with E-state index in [0.29, 0.717) is 35.1 Å². The minimum absolute atomic E-state index is 0.0891. The largest absolute Gasteiger partial charge is 0.484 e. The molecule has 2 aromatic carbocycles. The third kappa shape index (κ3) is 5.37. The topological polar surface area (TPSA) is 64.6 Å². The molecular formula is C18H18ClNO4. The van der Waals surface area contributed by atoms with Gasteiger partial charge in [-0.05, 0) is 48.5 Å². The third-order valence-electron chi connectivity index (χ3n) is 3.22. The van der Waals surface area contributed by atoms with Crippen molar-refractivity contribution in [2.75, 3.05) is 26.9 Å². The summed E-state index contributed by atoms with van der Waals surface area (Å²) in [6, 6.07) is 13.4. The smallest absolute Gasteiger partial charge is 0.258 e. The summed E-state index contributed by atoms with van der Waals surface area (Å²) in [4.78, 5) is 23.8. The number of rotatable bonds is 8. The van der Waals surface area contributed by atoms with Crippen LogP contribution < -0.4 is 10.1 Å². The first kappa shape index (κ1) is 18.0. The molecule has 24 heavy (non-hydrogen) atoms. The van der Waals surface area contributed by atoms with Gasteiger partial charge in [-0.2, -0.15) is 0 Å². The molecule has 5 nitrogen and oxygen atoms in total. The normalized spacial score (nSPS) is 10.2. The van der Waals surface area contributed by atoms with Crippen LogP contribution >= 0.6 is 11.6 Å². The van der Waals surface area contributed by atoms with Crippen molar-refractivity contribution in [3.63, 3.8) is 0 Å². The van der Waals surface area contributed by atoms with E-state index in [0.717, 1.165) is 0 Å². The van der Waals surface area contributed by atoms with Crippen molar-refractivity contribution in [3.8, 4) is 5.75 Å². The molecule has 0 radical (unpaired) electrons. The Balaban J connectivity index is 1.89. The molecule has 1 amide bonds. The van der Waals surface area contributed by atoms with Crippen molar-refractivity contribution >= 4 is 23.3 Å². The molecule has 126 valence electrons. The van der Waals surface area contributed by atoms with Crippen LogP contribution in [0.25, 0.3) is 0 Å². The van der Waals surface area contributed by atoms with Gasteiger partial charge in [0.05, 0.1) is 6.61 Å². The van der Waals surface area contributed by atoms with Crippen LogP contribution in [-0.2, 0) is 9.53 Å². The van der Waals surface area contributed by atoms with Gasteiger partial charge in [-0.1, -0.05) is 11.6 Å². The van der Waals surface area contributed by atoms with Crippen molar-refractivity contribution in [2.24, 2.45) is 0 Å². The van der Waals surface area contributed by atoms with Crippen LogP contribution in [-0.4, -0.2) is 38.6 Å². The molecule has 0 heterocycles. The summed E-state index contributed by atoms with van der Waals surface area (Å²) in [6.45, 7) is 0.800. The maximum absolute atomic E-state index is 12.3. The second-order valence-corrected chi connectivity index (χ2v) is 5.43. The van der Waals surface area contributed by atoms with Crippen molar-refractivity contribution in [1.82, 2.24) is 5.32 Å². The number of ketones is 1. The van der Waals surface area contributed by atoms with E-state index in [1.807, 2.05) is 0 Å². The SMILES string of the molecule is COCCNC(=O)COc1ccc(C(=O)c2ccc(Cl)cc2)cc1. The fourth-order valence-corrected chi connectivity index (χ4v) is 2.09. The Morgan fingerprint density at radius 3 is 2.17 bits per heavy atom. The van der Waals surface area contributed by atoms with Crippen molar-refractivity contribution in [2.45, 2.75) is 0 Å². The summed E-state index contributed by atoms with van der Waals surface area (Å²) >= 11 is 5.82. The molecule has 0 spiro atoms. The van der Waals surface area contributed by atoms with Gasteiger partial charge in [-0.15, -0.1) is 0 Å². The maximum atomic E-state index is 12.3. The monoisotopic (exact) mass is 347 g/mol. The highest BCUT2D eigenvalue weighted by Crippen LogP contribution is 2.17. The molecule has 0 saturated heterocycles. The van der Waals surface area contributed by atoms with Gasteiger partial charge in [0.1, 0.15) is 5.75 Å². The highest BCUT2D eigenvalue weighted by Gasteiger charge is 2.09. The summed E-state index contributed by atoms with van der Waals surface area (Å²) < 4.78 is 10.2. The lowest BCUT2D eigenvalue weighted by atomic mass is 10.0. The van der Waals surface area contributed by atoms with E-state index in [4.69, 9.17) is 21.1 Å². The van der Waals surface area contributed by atoms with Crippen LogP contribution in [0.1, 0.15) is 15.9 Å². The molecule has 0 bridgehead atoms. The van der Waals surface area contributed by atoms with E-state index >= 15 is 0 Å². The molecule has 0 aromatic heterocycles. The van der Waals surface area contributed by atoms with Gasteiger partial charge in [-0.25, -0.2) is 0 Å². The number of nitrogens with one attached hydrogen (secondary N) is 1. The fourth-order valence-electron chi connectivity index (χ4n) is 1.96. The van der Waals surface area contributed by atoms with Crippen LogP contribution in [0, 0.1) is 0 Å². The van der Waals surface area contributed by atoms with E-state index in [9.17, 15) is 9.59 Å². The van der Waals surface area contributed by atoms with E-state index in [1.165, 1.54) is 0 Å². The lowest BCUT2D eigenvalue weighted by Crippen LogP contribution is -2.31. The molecule has 2 aromatic rings. The molecule has 1 N–H and O–H groups in total. The van der Waals surface area contributed by atoms with Crippen molar-refractivity contribution in [3.05, 3.63) is 64.7 Å². The molecule has 0 aliphatic heterocycles. The molecule has 0 aliphatic carbocycles. The van der Waals surface area contributed by atoms with Gasteiger partial charge in [0, 0.05) is 29.8 Å². The first-order valence-electron chi connectivity index (χ1n) is 7.39. The van der Waals surface area contributed by atoms with Crippen LogP contribution in [0.2, 0.25) is 5.02 Å². The third-order valence-corrected chi connectivity index (χ3v) is 3.47. The quantitative estimate of drug-likeness (QED) is 0.589. The van der Waals surface area contributed by atoms with Gasteiger partial charge >= 0.3 is 0 Å². The Hall–Kier alpha value is -2.37. The van der Waals surface area contributed by atoms with E-state index in [2.05, 4.69) is 5.32 Å². The number of hydrogen-bond donors (Lipinski definition) is 1. The first-order valence-corrected chi connectivity index (χ1v) is 7.76. The van der Waals surface area contributed by atoms with Gasteiger partial charge in [0.25, 0.3) is 5.91 Å². The second kappa shape index (κ2) is 9.05. The number of benzene rings is 2. The maximum Gasteiger partial charge on any atom is 0.258 e. The first-order chi connectivity index (χ1) is 11.6. The zero-order chi connectivity index (χ0) is 17.4. The predicted octanol–water partition coefficient (Wildman–Crippen LogP) is 2.71. The number of methoxy groups -OCH3 is 1. The van der Waals surface area contributed by atoms with Crippen LogP contribution in [0.4, 0.5) is 0 Å². The lowest BCUT2D eigenvalue weighted by Gasteiger charge is -2.08. The molecular weight excluding hydrogens is 330 g/mol. The predicted molar refractivity (Wildman–Crippen MR) is 91.7 cm³/mol. The van der Waals surface area contributed by atoms with E-state index < -0.39 is 0 Å². The second-order valence-electron chi connectivity index (χ2n) is 4.99. The number of halogens is 1. The highest BCUT2D eigenvalue weighted by atomic mass is 35.5. The standard InChI is InChI=1S/C18H18ClNO4/c1-23-11-10-20-17(21)12-24-16-8-4-14(5-9-16)18(22)13-2-6-15(19)7-3-13/h2-9H,10-12H2,1H3,(H,20,21). The number of amides is 1. The van der Waals surface area contributed by atoms with Gasteiger partial charge < -0.3 is 14.8 Å². The molecule has 0 fully saturated rings. The molecule has 0 unspecified atom stereocenters. The van der Waals surface area contributed by atoms with E-state index in [-0.39, 0.29) is 18.3 Å². The summed E-state index contributed by atoms with van der Waals surface area (Å²) in [5.41, 5.74) is 1.10. The lowest BCUT2D eigenvalue weighted by molar-refractivity contribution is -0.123. The summed E-state index contributed by atoms with van der Waals surface area (Å²) in [5, 5.41) is 3.24. The van der Waals surface area contributed by atoms with Gasteiger partial charge in [0.2, 0.25) is 0 Å². The number of carbonyl (C=O) groups excluding carboxylic acids is 2. The summed E-state index contributed by atoms with van der Waals surface area (Å²) in [6.07, 6.45) is 0. The van der Waals surface area contributed by atoms with Crippen molar-refractivity contribution < 1.29 is 19.1 Å². The summed E-state index contributed by atoms with van der Waals surface area (Å²) in [7, 11) is 1.57. The van der Waals surface area contributed by atoms with Crippen LogP contribution in [0.15, 0.2) is 48.5 Å². The van der Waals surface area contributed by atoms with Crippen LogP contribution in [0.3, 0.4) is 0 Å². The Morgan fingerprint density at radius 2 is 1.58 bits per heavy atom. The van der Waals surface area contributed by atoms with Crippen LogP contribution in [0.5, 0.6) is 5.75 Å². The van der Waals surface area contributed by atoms with Gasteiger partial charge in [-0.3, -0.25) is 9.59 Å². The zero-order valence-corrected chi connectivity index (χ0v) is 14.0. The Morgan fingerprint density at radius 1 is 1.00 bits per heavy atom. The number of ether oxygens (including phenoxy) is 2. The zero-order valence-electron chi connectivity index (χ0n) is 13.3. The number of hydrogen-bond acceptors (Lipinski definition) is 4. The summed E-state index contributed by atoms with van der Waals surface area (Å²) in [5.74, 6) is 0.188. The Kier molecular flexibility index (Phi) is 6.78. The number of carbonyl (C=O) groups is 2. The molecule has 0 atom stereocenters. The van der Waals surface area contributed by atoms with Crippen molar-refractivity contribution in [1.29, 1.82) is 0 Å². The molecule has 0 saturated carbocycles. The minimum Gasteiger partial charge on any atom is -0.484 e. The molecule has 2 rings (SSSR count). The average molecular weight is 348 g/mol.